The SMILES string of the molecule is O=C(CCSSc1ccccn1)Oc1c(F)c(F)c(F)c(F)c1F. The molecule has 1 aromatic heterocycles. The third-order valence-electron chi connectivity index (χ3n) is 2.56. The topological polar surface area (TPSA) is 39.2 Å². The molecule has 1 aromatic carbocycles. The molecule has 24 heavy (non-hydrogen) atoms. The van der Waals surface area contributed by atoms with Crippen LogP contribution in [0, 0.1) is 29.1 Å². The number of halogens is 5. The molecule has 0 bridgehead atoms. The second-order valence-electron chi connectivity index (χ2n) is 4.20. The Morgan fingerprint density at radius 3 is 2.21 bits per heavy atom. The number of hydrogen-bond acceptors (Lipinski definition) is 5. The molecule has 0 saturated heterocycles. The van der Waals surface area contributed by atoms with Crippen molar-refractivity contribution in [3.05, 3.63) is 53.5 Å². The summed E-state index contributed by atoms with van der Waals surface area (Å²) in [4.78, 5) is 15.5. The average Bonchev–Trinajstić information content (AvgIpc) is 2.60. The summed E-state index contributed by atoms with van der Waals surface area (Å²) >= 11 is 0. The molecule has 0 aliphatic heterocycles. The van der Waals surface area contributed by atoms with Crippen molar-refractivity contribution in [3.8, 4) is 5.75 Å². The molecule has 10 heteroatoms. The van der Waals surface area contributed by atoms with E-state index in [4.69, 9.17) is 0 Å². The molecule has 0 aliphatic carbocycles. The highest BCUT2D eigenvalue weighted by Gasteiger charge is 2.28. The van der Waals surface area contributed by atoms with E-state index in [-0.39, 0.29) is 12.2 Å². The molecule has 0 atom stereocenters. The molecule has 0 radical (unpaired) electrons. The number of carbonyl (C=O) groups excluding carboxylic acids is 1. The number of hydrogen-bond donors (Lipinski definition) is 0. The molecule has 3 nitrogen and oxygen atoms in total. The first-order chi connectivity index (χ1) is 11.4. The van der Waals surface area contributed by atoms with Crippen LogP contribution in [0.5, 0.6) is 5.75 Å². The van der Waals surface area contributed by atoms with Crippen LogP contribution in [0.25, 0.3) is 0 Å². The van der Waals surface area contributed by atoms with Crippen LogP contribution >= 0.6 is 21.6 Å². The van der Waals surface area contributed by atoms with Crippen molar-refractivity contribution in [1.29, 1.82) is 0 Å². The third-order valence-corrected chi connectivity index (χ3v) is 4.82. The van der Waals surface area contributed by atoms with Crippen molar-refractivity contribution < 1.29 is 31.5 Å². The van der Waals surface area contributed by atoms with Crippen molar-refractivity contribution in [1.82, 2.24) is 4.98 Å². The smallest absolute Gasteiger partial charge is 0.312 e. The monoisotopic (exact) mass is 381 g/mol. The highest BCUT2D eigenvalue weighted by atomic mass is 33.1. The molecule has 0 aliphatic rings. The van der Waals surface area contributed by atoms with Crippen molar-refractivity contribution in [3.63, 3.8) is 0 Å². The van der Waals surface area contributed by atoms with E-state index in [0.717, 1.165) is 0 Å². The van der Waals surface area contributed by atoms with Crippen molar-refractivity contribution in [2.75, 3.05) is 5.75 Å². The van der Waals surface area contributed by atoms with E-state index in [2.05, 4.69) is 9.72 Å². The van der Waals surface area contributed by atoms with E-state index >= 15 is 0 Å². The second-order valence-corrected chi connectivity index (χ2v) is 6.63. The zero-order chi connectivity index (χ0) is 17.7. The highest BCUT2D eigenvalue weighted by Crippen LogP contribution is 2.31. The zero-order valence-electron chi connectivity index (χ0n) is 11.7. The summed E-state index contributed by atoms with van der Waals surface area (Å²) in [5, 5.41) is 0.690. The summed E-state index contributed by atoms with van der Waals surface area (Å²) in [6.07, 6.45) is 1.30. The fourth-order valence-corrected chi connectivity index (χ4v) is 3.31. The predicted molar refractivity (Wildman–Crippen MR) is 79.0 cm³/mol. The minimum absolute atomic E-state index is 0.190. The van der Waals surface area contributed by atoms with Gasteiger partial charge in [-0.05, 0) is 22.9 Å². The molecule has 128 valence electrons. The molecule has 0 amide bonds. The first kappa shape index (κ1) is 18.5. The van der Waals surface area contributed by atoms with Crippen molar-refractivity contribution >= 4 is 27.6 Å². The summed E-state index contributed by atoms with van der Waals surface area (Å²) in [6.45, 7) is 0. The summed E-state index contributed by atoms with van der Waals surface area (Å²) in [5.41, 5.74) is 0. The standard InChI is InChI=1S/C14H8F5NO2S2/c15-9-10(16)12(18)14(13(19)11(9)17)22-8(21)4-6-23-24-7-3-1-2-5-20-7/h1-3,5H,4,6H2. The molecule has 2 aromatic rings. The van der Waals surface area contributed by atoms with E-state index in [1.54, 1.807) is 24.4 Å². The number of pyridine rings is 1. The Hall–Kier alpha value is -1.81. The molecule has 2 rings (SSSR count). The number of ether oxygens (including phenoxy) is 1. The summed E-state index contributed by atoms with van der Waals surface area (Å²) in [6, 6.07) is 5.24. The number of benzene rings is 1. The molecular weight excluding hydrogens is 373 g/mol. The quantitative estimate of drug-likeness (QED) is 0.140. The van der Waals surface area contributed by atoms with Crippen LogP contribution in [0.3, 0.4) is 0 Å². The van der Waals surface area contributed by atoms with Gasteiger partial charge in [0, 0.05) is 11.9 Å². The Labute approximate surface area is 141 Å². The summed E-state index contributed by atoms with van der Waals surface area (Å²) < 4.78 is 69.8. The van der Waals surface area contributed by atoms with Gasteiger partial charge >= 0.3 is 5.97 Å². The van der Waals surface area contributed by atoms with E-state index < -0.39 is 40.8 Å². The Bertz CT molecular complexity index is 717. The van der Waals surface area contributed by atoms with Crippen molar-refractivity contribution in [2.24, 2.45) is 0 Å². The van der Waals surface area contributed by atoms with E-state index in [1.807, 2.05) is 0 Å². The fourth-order valence-electron chi connectivity index (χ4n) is 1.46. The fraction of sp³-hybridized carbons (Fsp3) is 0.143. The highest BCUT2D eigenvalue weighted by molar-refractivity contribution is 8.76. The minimum Gasteiger partial charge on any atom is -0.420 e. The van der Waals surface area contributed by atoms with Gasteiger partial charge in [0.05, 0.1) is 6.42 Å². The maximum absolute atomic E-state index is 13.4. The lowest BCUT2D eigenvalue weighted by Gasteiger charge is -2.08. The molecular formula is C14H8F5NO2S2. The van der Waals surface area contributed by atoms with Gasteiger partial charge in [0.15, 0.2) is 0 Å². The summed E-state index contributed by atoms with van der Waals surface area (Å²) in [7, 11) is 2.48. The first-order valence-corrected chi connectivity index (χ1v) is 8.66. The molecule has 0 unspecified atom stereocenters. The van der Waals surface area contributed by atoms with Gasteiger partial charge in [-0.3, -0.25) is 4.79 Å². The van der Waals surface area contributed by atoms with Crippen LogP contribution in [-0.2, 0) is 4.79 Å². The first-order valence-electron chi connectivity index (χ1n) is 6.34. The van der Waals surface area contributed by atoms with Gasteiger partial charge in [0.25, 0.3) is 0 Å². The van der Waals surface area contributed by atoms with Gasteiger partial charge in [0.2, 0.25) is 34.8 Å². The van der Waals surface area contributed by atoms with Gasteiger partial charge in [0.1, 0.15) is 5.03 Å². The Balaban J connectivity index is 1.91. The van der Waals surface area contributed by atoms with Gasteiger partial charge < -0.3 is 4.74 Å². The van der Waals surface area contributed by atoms with E-state index in [9.17, 15) is 26.7 Å². The van der Waals surface area contributed by atoms with Crippen molar-refractivity contribution in [2.45, 2.75) is 11.4 Å². The lowest BCUT2D eigenvalue weighted by molar-refractivity contribution is -0.134. The maximum Gasteiger partial charge on any atom is 0.312 e. The maximum atomic E-state index is 13.4. The van der Waals surface area contributed by atoms with Crippen LogP contribution in [0.2, 0.25) is 0 Å². The van der Waals surface area contributed by atoms with Gasteiger partial charge in [-0.25, -0.2) is 18.2 Å². The van der Waals surface area contributed by atoms with Gasteiger partial charge in [-0.2, -0.15) is 8.78 Å². The van der Waals surface area contributed by atoms with Crippen LogP contribution in [0.1, 0.15) is 6.42 Å². The number of nitrogens with zero attached hydrogens (tertiary/aromatic N) is 1. The molecule has 0 spiro atoms. The predicted octanol–water partition coefficient (Wildman–Crippen LogP) is 4.51. The molecule has 0 fully saturated rings. The van der Waals surface area contributed by atoms with E-state index in [0.29, 0.717) is 5.03 Å². The average molecular weight is 381 g/mol. The van der Waals surface area contributed by atoms with Crippen LogP contribution in [0.4, 0.5) is 22.0 Å². The zero-order valence-corrected chi connectivity index (χ0v) is 13.3. The number of rotatable bonds is 6. The summed E-state index contributed by atoms with van der Waals surface area (Å²) in [5.74, 6) is -13.5. The van der Waals surface area contributed by atoms with E-state index in [1.165, 1.54) is 21.6 Å². The third kappa shape index (κ3) is 4.38. The Morgan fingerprint density at radius 2 is 1.62 bits per heavy atom. The molecule has 1 heterocycles. The van der Waals surface area contributed by atoms with Crippen LogP contribution in [-0.4, -0.2) is 16.7 Å². The van der Waals surface area contributed by atoms with Crippen LogP contribution in [0.15, 0.2) is 29.4 Å². The number of aromatic nitrogens is 1. The Kier molecular flexibility index (Phi) is 6.44. The number of carbonyl (C=O) groups is 1. The normalized spacial score (nSPS) is 10.7. The minimum atomic E-state index is -2.31. The lowest BCUT2D eigenvalue weighted by atomic mass is 10.2. The van der Waals surface area contributed by atoms with Gasteiger partial charge in [-0.15, -0.1) is 0 Å². The lowest BCUT2D eigenvalue weighted by Crippen LogP contribution is -2.13. The Morgan fingerprint density at radius 1 is 1.00 bits per heavy atom. The molecule has 0 N–H and O–H groups in total. The second kappa shape index (κ2) is 8.34. The largest absolute Gasteiger partial charge is 0.420 e. The number of esters is 1. The molecule has 0 saturated carbocycles. The van der Waals surface area contributed by atoms with Crippen LogP contribution < -0.4 is 4.74 Å². The van der Waals surface area contributed by atoms with Gasteiger partial charge in [-0.1, -0.05) is 16.9 Å².